The van der Waals surface area contributed by atoms with E-state index < -0.39 is 0 Å². The lowest BCUT2D eigenvalue weighted by molar-refractivity contribution is 0.0193. The molecule has 1 saturated heterocycles. The number of aryl methyl sites for hydroxylation is 3. The van der Waals surface area contributed by atoms with Gasteiger partial charge in [0.25, 0.3) is 0 Å². The molecule has 0 bridgehead atoms. The van der Waals surface area contributed by atoms with Crippen molar-refractivity contribution in [3.05, 3.63) is 46.3 Å². The summed E-state index contributed by atoms with van der Waals surface area (Å²) in [6.45, 7) is 8.22. The third kappa shape index (κ3) is 2.80. The van der Waals surface area contributed by atoms with Gasteiger partial charge in [0.15, 0.2) is 0 Å². The molecule has 2 aliphatic heterocycles. The summed E-state index contributed by atoms with van der Waals surface area (Å²) >= 11 is 0. The zero-order valence-electron chi connectivity index (χ0n) is 16.3. The molecule has 1 spiro atoms. The maximum atomic E-state index is 6.79. The minimum atomic E-state index is -0.215. The molecule has 5 nitrogen and oxygen atoms in total. The van der Waals surface area contributed by atoms with E-state index >= 15 is 0 Å². The number of benzene rings is 1. The van der Waals surface area contributed by atoms with Gasteiger partial charge in [-0.3, -0.25) is 0 Å². The van der Waals surface area contributed by atoms with Crippen LogP contribution in [0.1, 0.15) is 47.3 Å². The number of anilines is 1. The van der Waals surface area contributed by atoms with Crippen LogP contribution in [0.25, 0.3) is 0 Å². The standard InChI is InChI=1S/C22H28N4O/c1-15-5-3-6-17-7-4-9-22(19(15)17)10-8-18-20(26-13-11-23-12-14-26)24-16(2)25-21(18)27-22/h3,5-6,23H,4,7-14H2,1-2H3. The lowest BCUT2D eigenvalue weighted by atomic mass is 9.73. The number of fused-ring (bicyclic) bond motifs is 3. The molecular formula is C22H28N4O. The molecule has 3 heterocycles. The highest BCUT2D eigenvalue weighted by atomic mass is 16.5. The highest BCUT2D eigenvalue weighted by Crippen LogP contribution is 2.48. The van der Waals surface area contributed by atoms with Crippen molar-refractivity contribution in [3.8, 4) is 5.88 Å². The summed E-state index contributed by atoms with van der Waals surface area (Å²) in [6.07, 6.45) is 5.42. The van der Waals surface area contributed by atoms with Crippen molar-refractivity contribution in [2.24, 2.45) is 0 Å². The Kier molecular flexibility index (Phi) is 4.08. The average molecular weight is 364 g/mol. The number of aromatic nitrogens is 2. The monoisotopic (exact) mass is 364 g/mol. The molecule has 5 rings (SSSR count). The molecule has 27 heavy (non-hydrogen) atoms. The molecule has 1 aliphatic carbocycles. The van der Waals surface area contributed by atoms with Crippen LogP contribution in [0, 0.1) is 13.8 Å². The Balaban J connectivity index is 1.57. The minimum absolute atomic E-state index is 0.215. The van der Waals surface area contributed by atoms with Crippen LogP contribution in [0.15, 0.2) is 18.2 Å². The largest absolute Gasteiger partial charge is 0.466 e. The predicted octanol–water partition coefficient (Wildman–Crippen LogP) is 3.06. The molecule has 0 radical (unpaired) electrons. The number of hydrogen-bond donors (Lipinski definition) is 1. The van der Waals surface area contributed by atoms with Gasteiger partial charge in [0.2, 0.25) is 5.88 Å². The van der Waals surface area contributed by atoms with Gasteiger partial charge >= 0.3 is 0 Å². The zero-order chi connectivity index (χ0) is 18.4. The third-order valence-electron chi connectivity index (χ3n) is 6.39. The van der Waals surface area contributed by atoms with E-state index in [1.54, 1.807) is 0 Å². The quantitative estimate of drug-likeness (QED) is 0.843. The van der Waals surface area contributed by atoms with E-state index in [0.717, 1.165) is 69.4 Å². The zero-order valence-corrected chi connectivity index (χ0v) is 16.3. The second-order valence-corrected chi connectivity index (χ2v) is 8.17. The Labute approximate surface area is 161 Å². The van der Waals surface area contributed by atoms with E-state index in [9.17, 15) is 0 Å². The van der Waals surface area contributed by atoms with E-state index in [0.29, 0.717) is 0 Å². The summed E-state index contributed by atoms with van der Waals surface area (Å²) < 4.78 is 6.79. The minimum Gasteiger partial charge on any atom is -0.466 e. The number of piperazine rings is 1. The Morgan fingerprint density at radius 2 is 1.93 bits per heavy atom. The summed E-state index contributed by atoms with van der Waals surface area (Å²) in [5.41, 5.74) is 5.21. The first-order valence-electron chi connectivity index (χ1n) is 10.3. The molecule has 142 valence electrons. The lowest BCUT2D eigenvalue weighted by Crippen LogP contribution is -2.45. The Morgan fingerprint density at radius 1 is 1.07 bits per heavy atom. The number of rotatable bonds is 1. The third-order valence-corrected chi connectivity index (χ3v) is 6.39. The Bertz CT molecular complexity index is 875. The van der Waals surface area contributed by atoms with Gasteiger partial charge in [-0.1, -0.05) is 18.2 Å². The van der Waals surface area contributed by atoms with E-state index in [1.165, 1.54) is 28.7 Å². The summed E-state index contributed by atoms with van der Waals surface area (Å²) in [5.74, 6) is 2.72. The normalized spacial score (nSPS) is 24.3. The van der Waals surface area contributed by atoms with Gasteiger partial charge in [-0.25, -0.2) is 4.98 Å². The smallest absolute Gasteiger partial charge is 0.222 e. The van der Waals surface area contributed by atoms with Crippen LogP contribution in [0.2, 0.25) is 0 Å². The van der Waals surface area contributed by atoms with Crippen molar-refractivity contribution < 1.29 is 4.74 Å². The molecule has 2 aromatic rings. The fourth-order valence-corrected chi connectivity index (χ4v) is 5.19. The molecule has 1 N–H and O–H groups in total. The van der Waals surface area contributed by atoms with Gasteiger partial charge < -0.3 is 15.0 Å². The predicted molar refractivity (Wildman–Crippen MR) is 107 cm³/mol. The fraction of sp³-hybridized carbons (Fsp3) is 0.545. The number of ether oxygens (including phenoxy) is 1. The van der Waals surface area contributed by atoms with Crippen LogP contribution >= 0.6 is 0 Å². The highest BCUT2D eigenvalue weighted by molar-refractivity contribution is 5.54. The first kappa shape index (κ1) is 17.0. The number of nitrogens with zero attached hydrogens (tertiary/aromatic N) is 3. The van der Waals surface area contributed by atoms with Crippen LogP contribution < -0.4 is 15.0 Å². The summed E-state index contributed by atoms with van der Waals surface area (Å²) in [4.78, 5) is 12.0. The molecule has 1 unspecified atom stereocenters. The van der Waals surface area contributed by atoms with Crippen molar-refractivity contribution in [3.63, 3.8) is 0 Å². The van der Waals surface area contributed by atoms with E-state index in [1.807, 2.05) is 6.92 Å². The SMILES string of the molecule is Cc1nc2c(c(N3CCNCC3)n1)CCC1(CCCc3cccc(C)c31)O2. The second-order valence-electron chi connectivity index (χ2n) is 8.17. The molecule has 1 aromatic carbocycles. The van der Waals surface area contributed by atoms with Crippen LogP contribution in [0.5, 0.6) is 5.88 Å². The summed E-state index contributed by atoms with van der Waals surface area (Å²) in [6, 6.07) is 6.68. The molecule has 5 heteroatoms. The topological polar surface area (TPSA) is 50.3 Å². The van der Waals surface area contributed by atoms with Crippen molar-refractivity contribution >= 4 is 5.82 Å². The van der Waals surface area contributed by atoms with Crippen LogP contribution in [-0.2, 0) is 18.4 Å². The first-order valence-corrected chi connectivity index (χ1v) is 10.3. The maximum absolute atomic E-state index is 6.79. The molecule has 0 amide bonds. The second kappa shape index (κ2) is 6.48. The molecule has 3 aliphatic rings. The van der Waals surface area contributed by atoms with Gasteiger partial charge in [-0.05, 0) is 57.1 Å². The van der Waals surface area contributed by atoms with E-state index in [-0.39, 0.29) is 5.60 Å². The van der Waals surface area contributed by atoms with Crippen molar-refractivity contribution in [2.75, 3.05) is 31.1 Å². The Hall–Kier alpha value is -2.14. The van der Waals surface area contributed by atoms with Gasteiger partial charge in [0.05, 0.1) is 5.56 Å². The van der Waals surface area contributed by atoms with Crippen LogP contribution in [-0.4, -0.2) is 36.1 Å². The molecule has 1 aromatic heterocycles. The highest BCUT2D eigenvalue weighted by Gasteiger charge is 2.44. The van der Waals surface area contributed by atoms with Gasteiger partial charge in [0.1, 0.15) is 17.2 Å². The number of nitrogens with one attached hydrogen (secondary N) is 1. The van der Waals surface area contributed by atoms with E-state index in [4.69, 9.17) is 14.7 Å². The Morgan fingerprint density at radius 3 is 2.78 bits per heavy atom. The molecule has 1 fully saturated rings. The van der Waals surface area contributed by atoms with Gasteiger partial charge in [-0.15, -0.1) is 0 Å². The average Bonchev–Trinajstić information content (AvgIpc) is 2.68. The van der Waals surface area contributed by atoms with Crippen LogP contribution in [0.4, 0.5) is 5.82 Å². The van der Waals surface area contributed by atoms with E-state index in [2.05, 4.69) is 35.3 Å². The number of hydrogen-bond acceptors (Lipinski definition) is 5. The van der Waals surface area contributed by atoms with Crippen molar-refractivity contribution in [1.29, 1.82) is 0 Å². The molecular weight excluding hydrogens is 336 g/mol. The molecule has 0 saturated carbocycles. The van der Waals surface area contributed by atoms with Gasteiger partial charge in [0, 0.05) is 31.7 Å². The summed E-state index contributed by atoms with van der Waals surface area (Å²) in [5, 5.41) is 3.43. The van der Waals surface area contributed by atoms with Crippen molar-refractivity contribution in [1.82, 2.24) is 15.3 Å². The fourth-order valence-electron chi connectivity index (χ4n) is 5.19. The summed E-state index contributed by atoms with van der Waals surface area (Å²) in [7, 11) is 0. The van der Waals surface area contributed by atoms with Gasteiger partial charge in [-0.2, -0.15) is 4.98 Å². The lowest BCUT2D eigenvalue weighted by Gasteiger charge is -2.44. The maximum Gasteiger partial charge on any atom is 0.222 e. The van der Waals surface area contributed by atoms with Crippen molar-refractivity contribution in [2.45, 2.75) is 51.6 Å². The first-order chi connectivity index (χ1) is 13.2. The molecule has 1 atom stereocenters. The van der Waals surface area contributed by atoms with Crippen LogP contribution in [0.3, 0.4) is 0 Å².